The Morgan fingerprint density at radius 3 is 2.80 bits per heavy atom. The number of benzene rings is 1. The highest BCUT2D eigenvalue weighted by atomic mass is 32.1. The number of nitrogens with zero attached hydrogens (tertiary/aromatic N) is 3. The molecule has 0 spiro atoms. The van der Waals surface area contributed by atoms with E-state index in [2.05, 4.69) is 66.1 Å². The van der Waals surface area contributed by atoms with Crippen molar-refractivity contribution in [1.29, 1.82) is 0 Å². The number of aromatic nitrogens is 3. The summed E-state index contributed by atoms with van der Waals surface area (Å²) in [5.74, 6) is 0. The van der Waals surface area contributed by atoms with Gasteiger partial charge in [-0.15, -0.1) is 10.2 Å². The number of rotatable bonds is 3. The molecule has 0 saturated carbocycles. The lowest BCUT2D eigenvalue weighted by Crippen LogP contribution is -1.94. The first-order chi connectivity index (χ1) is 9.61. The minimum Gasteiger partial charge on any atom is -0.360 e. The Bertz CT molecular complexity index is 770. The SMILES string of the molecule is CCNc1nnc(-c2ccc3c(c2)c(C)c(C)n3C)s1. The van der Waals surface area contributed by atoms with Gasteiger partial charge in [0, 0.05) is 35.8 Å². The smallest absolute Gasteiger partial charge is 0.205 e. The van der Waals surface area contributed by atoms with E-state index in [9.17, 15) is 0 Å². The highest BCUT2D eigenvalue weighted by Gasteiger charge is 2.11. The second-order valence-corrected chi connectivity index (χ2v) is 5.92. The van der Waals surface area contributed by atoms with E-state index in [1.54, 1.807) is 11.3 Å². The number of nitrogens with one attached hydrogen (secondary N) is 1. The summed E-state index contributed by atoms with van der Waals surface area (Å²) < 4.78 is 2.23. The van der Waals surface area contributed by atoms with Crippen molar-refractivity contribution in [3.8, 4) is 10.6 Å². The van der Waals surface area contributed by atoms with Crippen molar-refractivity contribution in [2.75, 3.05) is 11.9 Å². The fourth-order valence-corrected chi connectivity index (χ4v) is 3.26. The fourth-order valence-electron chi connectivity index (χ4n) is 2.45. The minimum absolute atomic E-state index is 0.866. The molecular weight excluding hydrogens is 268 g/mol. The van der Waals surface area contributed by atoms with Gasteiger partial charge in [0.05, 0.1) is 0 Å². The Morgan fingerprint density at radius 1 is 1.25 bits per heavy atom. The molecule has 2 aromatic heterocycles. The zero-order chi connectivity index (χ0) is 14.3. The average Bonchev–Trinajstić information content (AvgIpc) is 3.00. The third-order valence-corrected chi connectivity index (χ3v) is 4.74. The van der Waals surface area contributed by atoms with Gasteiger partial charge in [-0.05, 0) is 44.5 Å². The number of anilines is 1. The molecule has 0 aliphatic rings. The number of aryl methyl sites for hydroxylation is 2. The first-order valence-electron chi connectivity index (χ1n) is 6.75. The van der Waals surface area contributed by atoms with Crippen LogP contribution in [0.4, 0.5) is 5.13 Å². The summed E-state index contributed by atoms with van der Waals surface area (Å²) >= 11 is 1.60. The van der Waals surface area contributed by atoms with Crippen molar-refractivity contribution in [2.24, 2.45) is 7.05 Å². The molecule has 1 N–H and O–H groups in total. The molecule has 0 aliphatic heterocycles. The minimum atomic E-state index is 0.866. The highest BCUT2D eigenvalue weighted by Crippen LogP contribution is 2.31. The van der Waals surface area contributed by atoms with E-state index in [-0.39, 0.29) is 0 Å². The zero-order valence-electron chi connectivity index (χ0n) is 12.2. The average molecular weight is 286 g/mol. The quantitative estimate of drug-likeness (QED) is 0.797. The molecule has 0 fully saturated rings. The molecule has 5 heteroatoms. The van der Waals surface area contributed by atoms with Crippen molar-refractivity contribution < 1.29 is 0 Å². The maximum Gasteiger partial charge on any atom is 0.205 e. The third kappa shape index (κ3) is 1.98. The Morgan fingerprint density at radius 2 is 2.05 bits per heavy atom. The van der Waals surface area contributed by atoms with Crippen LogP contribution in [0.2, 0.25) is 0 Å². The Labute approximate surface area is 122 Å². The summed E-state index contributed by atoms with van der Waals surface area (Å²) in [7, 11) is 2.11. The van der Waals surface area contributed by atoms with Crippen LogP contribution in [0.3, 0.4) is 0 Å². The van der Waals surface area contributed by atoms with Crippen LogP contribution in [0.5, 0.6) is 0 Å². The topological polar surface area (TPSA) is 42.7 Å². The van der Waals surface area contributed by atoms with Gasteiger partial charge in [0.15, 0.2) is 0 Å². The molecule has 0 unspecified atom stereocenters. The highest BCUT2D eigenvalue weighted by molar-refractivity contribution is 7.18. The van der Waals surface area contributed by atoms with Crippen molar-refractivity contribution in [3.05, 3.63) is 29.5 Å². The first kappa shape index (κ1) is 13.1. The summed E-state index contributed by atoms with van der Waals surface area (Å²) in [6.45, 7) is 7.25. The molecule has 2 heterocycles. The second-order valence-electron chi connectivity index (χ2n) is 4.94. The van der Waals surface area contributed by atoms with Crippen LogP contribution < -0.4 is 5.32 Å². The van der Waals surface area contributed by atoms with E-state index in [4.69, 9.17) is 0 Å². The Kier molecular flexibility index (Phi) is 3.22. The zero-order valence-corrected chi connectivity index (χ0v) is 13.0. The largest absolute Gasteiger partial charge is 0.360 e. The predicted molar refractivity (Wildman–Crippen MR) is 85.5 cm³/mol. The van der Waals surface area contributed by atoms with E-state index in [1.165, 1.54) is 22.2 Å². The van der Waals surface area contributed by atoms with Gasteiger partial charge in [-0.3, -0.25) is 0 Å². The van der Waals surface area contributed by atoms with Gasteiger partial charge in [-0.25, -0.2) is 0 Å². The summed E-state index contributed by atoms with van der Waals surface area (Å²) in [5, 5.41) is 14.8. The number of fused-ring (bicyclic) bond motifs is 1. The van der Waals surface area contributed by atoms with Crippen LogP contribution in [0.15, 0.2) is 18.2 Å². The van der Waals surface area contributed by atoms with Crippen LogP contribution in [0.1, 0.15) is 18.2 Å². The van der Waals surface area contributed by atoms with Gasteiger partial charge in [-0.2, -0.15) is 0 Å². The lowest BCUT2D eigenvalue weighted by atomic mass is 10.1. The van der Waals surface area contributed by atoms with Crippen LogP contribution in [-0.4, -0.2) is 21.3 Å². The Hall–Kier alpha value is -1.88. The van der Waals surface area contributed by atoms with E-state index in [0.717, 1.165) is 22.2 Å². The molecule has 0 amide bonds. The molecule has 104 valence electrons. The van der Waals surface area contributed by atoms with Crippen molar-refractivity contribution >= 4 is 27.4 Å². The lowest BCUT2D eigenvalue weighted by Gasteiger charge is -1.99. The molecule has 0 radical (unpaired) electrons. The van der Waals surface area contributed by atoms with Gasteiger partial charge >= 0.3 is 0 Å². The third-order valence-electron chi connectivity index (χ3n) is 3.81. The summed E-state index contributed by atoms with van der Waals surface area (Å²) in [4.78, 5) is 0. The van der Waals surface area contributed by atoms with E-state index in [0.29, 0.717) is 0 Å². The molecule has 0 atom stereocenters. The van der Waals surface area contributed by atoms with E-state index in [1.807, 2.05) is 0 Å². The van der Waals surface area contributed by atoms with Gasteiger partial charge < -0.3 is 9.88 Å². The molecule has 0 aliphatic carbocycles. The molecule has 1 aromatic carbocycles. The second kappa shape index (κ2) is 4.90. The van der Waals surface area contributed by atoms with E-state index >= 15 is 0 Å². The maximum absolute atomic E-state index is 4.27. The van der Waals surface area contributed by atoms with Crippen LogP contribution >= 0.6 is 11.3 Å². The van der Waals surface area contributed by atoms with Gasteiger partial charge in [0.25, 0.3) is 0 Å². The van der Waals surface area contributed by atoms with Gasteiger partial charge in [0.1, 0.15) is 5.01 Å². The monoisotopic (exact) mass is 286 g/mol. The normalized spacial score (nSPS) is 11.2. The van der Waals surface area contributed by atoms with E-state index < -0.39 is 0 Å². The molecule has 4 nitrogen and oxygen atoms in total. The molecule has 0 saturated heterocycles. The number of hydrogen-bond donors (Lipinski definition) is 1. The van der Waals surface area contributed by atoms with Crippen LogP contribution in [0, 0.1) is 13.8 Å². The van der Waals surface area contributed by atoms with Gasteiger partial charge in [0.2, 0.25) is 5.13 Å². The summed E-state index contributed by atoms with van der Waals surface area (Å²) in [5.41, 5.74) is 5.04. The van der Waals surface area contributed by atoms with Gasteiger partial charge in [-0.1, -0.05) is 11.3 Å². The molecular formula is C15H18N4S. The standard InChI is InChI=1S/C15H18N4S/c1-5-16-15-18-17-14(20-15)11-6-7-13-12(8-11)9(2)10(3)19(13)4/h6-8H,5H2,1-4H3,(H,16,18). The molecule has 3 rings (SSSR count). The fraction of sp³-hybridized carbons (Fsp3) is 0.333. The molecule has 0 bridgehead atoms. The predicted octanol–water partition coefficient (Wildman–Crippen LogP) is 3.75. The van der Waals surface area contributed by atoms with Crippen LogP contribution in [0.25, 0.3) is 21.5 Å². The molecule has 20 heavy (non-hydrogen) atoms. The number of hydrogen-bond acceptors (Lipinski definition) is 4. The van der Waals surface area contributed by atoms with Crippen LogP contribution in [-0.2, 0) is 7.05 Å². The van der Waals surface area contributed by atoms with Crippen molar-refractivity contribution in [3.63, 3.8) is 0 Å². The Balaban J connectivity index is 2.10. The first-order valence-corrected chi connectivity index (χ1v) is 7.57. The summed E-state index contributed by atoms with van der Waals surface area (Å²) in [6.07, 6.45) is 0. The maximum atomic E-state index is 4.27. The molecule has 3 aromatic rings. The van der Waals surface area contributed by atoms with Crippen molar-refractivity contribution in [2.45, 2.75) is 20.8 Å². The summed E-state index contributed by atoms with van der Waals surface area (Å²) in [6, 6.07) is 6.50. The van der Waals surface area contributed by atoms with Crippen molar-refractivity contribution in [1.82, 2.24) is 14.8 Å². The lowest BCUT2D eigenvalue weighted by molar-refractivity contribution is 0.910.